The molecule has 1 atom stereocenters. The minimum atomic E-state index is -1.05. The summed E-state index contributed by atoms with van der Waals surface area (Å²) in [5, 5.41) is 4.25. The molecule has 1 N–H and O–H groups in total. The molecule has 9 heteroatoms. The first-order valence-corrected chi connectivity index (χ1v) is 9.34. The maximum atomic E-state index is 13.4. The molecular formula is C20H16F2N2O4S. The van der Waals surface area contributed by atoms with Crippen LogP contribution in [0, 0.1) is 11.6 Å². The molecule has 0 saturated heterocycles. The van der Waals surface area contributed by atoms with Crippen molar-refractivity contribution in [1.82, 2.24) is 9.88 Å². The summed E-state index contributed by atoms with van der Waals surface area (Å²) in [5.41, 5.74) is -0.473. The second-order valence-corrected chi connectivity index (χ2v) is 7.03. The monoisotopic (exact) mass is 418 g/mol. The topological polar surface area (TPSA) is 77.4 Å². The van der Waals surface area contributed by atoms with Crippen LogP contribution < -0.4 is 10.9 Å². The van der Waals surface area contributed by atoms with Crippen molar-refractivity contribution in [2.75, 3.05) is 7.11 Å². The van der Waals surface area contributed by atoms with E-state index in [1.54, 1.807) is 17.5 Å². The molecule has 1 unspecified atom stereocenters. The van der Waals surface area contributed by atoms with Crippen LogP contribution in [0.5, 0.6) is 0 Å². The van der Waals surface area contributed by atoms with Crippen molar-refractivity contribution < 1.29 is 23.1 Å². The van der Waals surface area contributed by atoms with Crippen molar-refractivity contribution in [3.8, 4) is 0 Å². The van der Waals surface area contributed by atoms with Crippen LogP contribution in [0.2, 0.25) is 0 Å². The summed E-state index contributed by atoms with van der Waals surface area (Å²) < 4.78 is 32.4. The molecule has 3 aromatic rings. The lowest BCUT2D eigenvalue weighted by molar-refractivity contribution is -0.143. The van der Waals surface area contributed by atoms with Crippen LogP contribution >= 0.6 is 11.3 Å². The lowest BCUT2D eigenvalue weighted by Crippen LogP contribution is -2.38. The first-order chi connectivity index (χ1) is 13.9. The highest BCUT2D eigenvalue weighted by molar-refractivity contribution is 7.10. The Bertz CT molecular complexity index is 1100. The molecule has 150 valence electrons. The van der Waals surface area contributed by atoms with E-state index in [1.807, 2.05) is 0 Å². The molecule has 3 rings (SSSR count). The number of thiophene rings is 1. The van der Waals surface area contributed by atoms with Crippen LogP contribution in [-0.4, -0.2) is 23.6 Å². The van der Waals surface area contributed by atoms with Gasteiger partial charge < -0.3 is 14.6 Å². The molecule has 1 amide bonds. The summed E-state index contributed by atoms with van der Waals surface area (Å²) in [6.45, 7) is -0.0531. The van der Waals surface area contributed by atoms with Gasteiger partial charge in [-0.1, -0.05) is 12.1 Å². The second kappa shape index (κ2) is 8.78. The molecule has 0 bridgehead atoms. The van der Waals surface area contributed by atoms with Gasteiger partial charge in [-0.15, -0.1) is 11.3 Å². The molecule has 6 nitrogen and oxygen atoms in total. The first kappa shape index (κ1) is 20.4. The van der Waals surface area contributed by atoms with Crippen LogP contribution in [0.1, 0.15) is 26.8 Å². The van der Waals surface area contributed by atoms with Crippen molar-refractivity contribution >= 4 is 23.2 Å². The predicted octanol–water partition coefficient (Wildman–Crippen LogP) is 2.88. The number of carbonyl (C=O) groups is 2. The van der Waals surface area contributed by atoms with Gasteiger partial charge in [0.2, 0.25) is 0 Å². The number of rotatable bonds is 6. The number of pyridine rings is 1. The Hall–Kier alpha value is -3.33. The van der Waals surface area contributed by atoms with E-state index in [0.717, 1.165) is 12.1 Å². The molecule has 0 aliphatic carbocycles. The third-order valence-electron chi connectivity index (χ3n) is 4.14. The number of benzene rings is 1. The Morgan fingerprint density at radius 1 is 1.17 bits per heavy atom. The van der Waals surface area contributed by atoms with Crippen LogP contribution in [0.3, 0.4) is 0 Å². The first-order valence-electron chi connectivity index (χ1n) is 8.46. The minimum Gasteiger partial charge on any atom is -0.467 e. The Labute approximate surface area is 168 Å². The van der Waals surface area contributed by atoms with Crippen LogP contribution in [-0.2, 0) is 16.1 Å². The number of hydrogen-bond donors (Lipinski definition) is 1. The molecule has 0 saturated carbocycles. The van der Waals surface area contributed by atoms with E-state index >= 15 is 0 Å². The van der Waals surface area contributed by atoms with Crippen molar-refractivity contribution in [1.29, 1.82) is 0 Å². The van der Waals surface area contributed by atoms with E-state index < -0.39 is 35.1 Å². The molecular weight excluding hydrogens is 402 g/mol. The number of carbonyl (C=O) groups excluding carboxylic acids is 2. The summed E-state index contributed by atoms with van der Waals surface area (Å²) in [7, 11) is 1.20. The fourth-order valence-corrected chi connectivity index (χ4v) is 3.46. The predicted molar refractivity (Wildman–Crippen MR) is 103 cm³/mol. The Balaban J connectivity index is 1.86. The fourth-order valence-electron chi connectivity index (χ4n) is 2.70. The minimum absolute atomic E-state index is 0.0531. The standard InChI is InChI=1S/C20H16F2N2O4S/c1-28-20(27)17(16-5-3-9-29-16)23-18(25)13-4-2-8-24(19(13)26)11-12-6-7-14(21)15(22)10-12/h2-10,17H,11H2,1H3,(H,23,25). The van der Waals surface area contributed by atoms with E-state index in [-0.39, 0.29) is 12.1 Å². The quantitative estimate of drug-likeness (QED) is 0.625. The Kier molecular flexibility index (Phi) is 6.18. The maximum Gasteiger partial charge on any atom is 0.333 e. The Morgan fingerprint density at radius 3 is 2.62 bits per heavy atom. The van der Waals surface area contributed by atoms with Gasteiger partial charge in [0, 0.05) is 11.1 Å². The second-order valence-electron chi connectivity index (χ2n) is 6.05. The van der Waals surface area contributed by atoms with Gasteiger partial charge in [-0.2, -0.15) is 0 Å². The van der Waals surface area contributed by atoms with Gasteiger partial charge in [0.05, 0.1) is 13.7 Å². The number of esters is 1. The lowest BCUT2D eigenvalue weighted by Gasteiger charge is -2.15. The summed E-state index contributed by atoms with van der Waals surface area (Å²) in [5.74, 6) is -3.43. The zero-order chi connectivity index (χ0) is 21.0. The molecule has 29 heavy (non-hydrogen) atoms. The lowest BCUT2D eigenvalue weighted by atomic mass is 10.2. The third kappa shape index (κ3) is 4.57. The molecule has 0 aliphatic rings. The summed E-state index contributed by atoms with van der Waals surface area (Å²) in [6.07, 6.45) is 1.43. The zero-order valence-electron chi connectivity index (χ0n) is 15.2. The van der Waals surface area contributed by atoms with Gasteiger partial charge in [-0.05, 0) is 41.3 Å². The van der Waals surface area contributed by atoms with Crippen molar-refractivity contribution in [2.24, 2.45) is 0 Å². The van der Waals surface area contributed by atoms with E-state index in [9.17, 15) is 23.2 Å². The SMILES string of the molecule is COC(=O)C(NC(=O)c1cccn(Cc2ccc(F)c(F)c2)c1=O)c1cccs1. The molecule has 0 fully saturated rings. The number of hydrogen-bond acceptors (Lipinski definition) is 5. The number of amides is 1. The molecule has 2 heterocycles. The number of nitrogens with one attached hydrogen (secondary N) is 1. The van der Waals surface area contributed by atoms with E-state index in [0.29, 0.717) is 10.4 Å². The summed E-state index contributed by atoms with van der Waals surface area (Å²) in [6, 6.07) is 8.44. The van der Waals surface area contributed by atoms with Gasteiger partial charge >= 0.3 is 5.97 Å². The highest BCUT2D eigenvalue weighted by Crippen LogP contribution is 2.20. The van der Waals surface area contributed by atoms with Gasteiger partial charge in [-0.25, -0.2) is 13.6 Å². The van der Waals surface area contributed by atoms with Gasteiger partial charge in [0.25, 0.3) is 11.5 Å². The molecule has 0 aliphatic heterocycles. The average Bonchev–Trinajstić information content (AvgIpc) is 3.24. The van der Waals surface area contributed by atoms with Crippen molar-refractivity contribution in [3.63, 3.8) is 0 Å². The zero-order valence-corrected chi connectivity index (χ0v) is 16.0. The Morgan fingerprint density at radius 2 is 1.97 bits per heavy atom. The summed E-state index contributed by atoms with van der Waals surface area (Å²) in [4.78, 5) is 38.0. The van der Waals surface area contributed by atoms with E-state index in [2.05, 4.69) is 5.32 Å². The highest BCUT2D eigenvalue weighted by Gasteiger charge is 2.26. The number of nitrogens with zero attached hydrogens (tertiary/aromatic N) is 1. The van der Waals surface area contributed by atoms with E-state index in [1.165, 1.54) is 47.4 Å². The molecule has 0 spiro atoms. The highest BCUT2D eigenvalue weighted by atomic mass is 32.1. The number of ether oxygens (including phenoxy) is 1. The van der Waals surface area contributed by atoms with Gasteiger partial charge in [0.1, 0.15) is 5.56 Å². The molecule has 2 aromatic heterocycles. The maximum absolute atomic E-state index is 13.4. The third-order valence-corrected chi connectivity index (χ3v) is 5.08. The van der Waals surface area contributed by atoms with E-state index in [4.69, 9.17) is 4.74 Å². The summed E-state index contributed by atoms with van der Waals surface area (Å²) >= 11 is 1.26. The van der Waals surface area contributed by atoms with Gasteiger partial charge in [-0.3, -0.25) is 9.59 Å². The van der Waals surface area contributed by atoms with Gasteiger partial charge in [0.15, 0.2) is 17.7 Å². The fraction of sp³-hybridized carbons (Fsp3) is 0.150. The van der Waals surface area contributed by atoms with Crippen LogP contribution in [0.25, 0.3) is 0 Å². The largest absolute Gasteiger partial charge is 0.467 e. The average molecular weight is 418 g/mol. The number of halogens is 2. The number of aromatic nitrogens is 1. The normalized spacial score (nSPS) is 11.7. The number of methoxy groups -OCH3 is 1. The van der Waals surface area contributed by atoms with Crippen molar-refractivity contribution in [2.45, 2.75) is 12.6 Å². The molecule has 0 radical (unpaired) electrons. The van der Waals surface area contributed by atoms with Crippen LogP contribution in [0.4, 0.5) is 8.78 Å². The molecule has 1 aromatic carbocycles. The smallest absolute Gasteiger partial charge is 0.333 e. The van der Waals surface area contributed by atoms with Crippen LogP contribution in [0.15, 0.2) is 58.8 Å². The van der Waals surface area contributed by atoms with Crippen molar-refractivity contribution in [3.05, 3.63) is 92.0 Å².